The molecule has 4 fully saturated rings. The van der Waals surface area contributed by atoms with E-state index in [0.29, 0.717) is 36.5 Å². The SMILES string of the molecule is C[C@@]1(O)CCC2[C@H]3CC[C@]4(C)[C@@H](C(=O)Cn5nccn5)CC[C@H]4[C@@H]3C[C@@H](F)[C@H]2C1. The number of halogens is 1. The summed E-state index contributed by atoms with van der Waals surface area (Å²) in [6.45, 7) is 4.42. The van der Waals surface area contributed by atoms with Gasteiger partial charge in [0.25, 0.3) is 0 Å². The Morgan fingerprint density at radius 3 is 2.52 bits per heavy atom. The van der Waals surface area contributed by atoms with Gasteiger partial charge in [0.15, 0.2) is 5.78 Å². The normalized spacial score (nSPS) is 49.2. The van der Waals surface area contributed by atoms with Gasteiger partial charge in [-0.2, -0.15) is 15.0 Å². The Labute approximate surface area is 172 Å². The summed E-state index contributed by atoms with van der Waals surface area (Å²) < 4.78 is 15.3. The van der Waals surface area contributed by atoms with Crippen molar-refractivity contribution in [1.29, 1.82) is 0 Å². The molecule has 5 rings (SSSR count). The first-order valence-electron chi connectivity index (χ1n) is 11.5. The molecule has 1 unspecified atom stereocenters. The van der Waals surface area contributed by atoms with Crippen LogP contribution in [0.5, 0.6) is 0 Å². The van der Waals surface area contributed by atoms with E-state index in [2.05, 4.69) is 17.1 Å². The number of hydrogen-bond acceptors (Lipinski definition) is 4. The summed E-state index contributed by atoms with van der Waals surface area (Å²) in [7, 11) is 0. The molecule has 0 amide bonds. The Balaban J connectivity index is 1.35. The van der Waals surface area contributed by atoms with E-state index in [1.807, 2.05) is 6.92 Å². The summed E-state index contributed by atoms with van der Waals surface area (Å²) in [6, 6.07) is 0. The third kappa shape index (κ3) is 3.17. The first-order valence-corrected chi connectivity index (χ1v) is 11.5. The summed E-state index contributed by atoms with van der Waals surface area (Å²) in [5, 5.41) is 18.7. The van der Waals surface area contributed by atoms with Gasteiger partial charge in [0.2, 0.25) is 0 Å². The molecule has 1 heterocycles. The number of aliphatic hydroxyl groups is 1. The van der Waals surface area contributed by atoms with Gasteiger partial charge < -0.3 is 5.11 Å². The number of rotatable bonds is 3. The van der Waals surface area contributed by atoms with E-state index in [4.69, 9.17) is 0 Å². The molecule has 9 atom stereocenters. The molecular weight excluding hydrogens is 369 g/mol. The second-order valence-electron chi connectivity index (χ2n) is 11.0. The number of hydrogen-bond donors (Lipinski definition) is 1. The van der Waals surface area contributed by atoms with Crippen molar-refractivity contribution >= 4 is 5.78 Å². The van der Waals surface area contributed by atoms with Gasteiger partial charge in [0.05, 0.1) is 18.0 Å². The van der Waals surface area contributed by atoms with Crippen LogP contribution in [0.4, 0.5) is 4.39 Å². The Bertz CT molecular complexity index is 766. The quantitative estimate of drug-likeness (QED) is 0.833. The van der Waals surface area contributed by atoms with Gasteiger partial charge in [-0.3, -0.25) is 4.79 Å². The fourth-order valence-electron chi connectivity index (χ4n) is 8.11. The predicted molar refractivity (Wildman–Crippen MR) is 107 cm³/mol. The molecule has 1 N–H and O–H groups in total. The lowest BCUT2D eigenvalue weighted by molar-refractivity contribution is -0.139. The molecule has 5 nitrogen and oxygen atoms in total. The molecule has 0 aromatic carbocycles. The van der Waals surface area contributed by atoms with Gasteiger partial charge in [-0.05, 0) is 93.3 Å². The van der Waals surface area contributed by atoms with Crippen molar-refractivity contribution in [1.82, 2.24) is 15.0 Å². The molecule has 0 aliphatic heterocycles. The number of carbonyl (C=O) groups is 1. The van der Waals surface area contributed by atoms with Gasteiger partial charge in [0, 0.05) is 5.92 Å². The highest BCUT2D eigenvalue weighted by atomic mass is 19.1. The Morgan fingerprint density at radius 2 is 1.76 bits per heavy atom. The standard InChI is InChI=1S/C23H34FN3O2/c1-22(29)7-5-15-14-6-8-23(2)18(16(14)11-20(24)17(15)12-22)3-4-19(23)21(28)13-27-25-9-10-26-27/h9-10,14-20,29H,3-8,11-13H2,1-2H3/t14-,15?,16-,17+,18+,19-,20-,22-,23+/m1/s1. The maximum Gasteiger partial charge on any atom is 0.159 e. The van der Waals surface area contributed by atoms with Crippen LogP contribution in [0.3, 0.4) is 0 Å². The molecule has 0 spiro atoms. The fourth-order valence-corrected chi connectivity index (χ4v) is 8.11. The molecule has 160 valence electrons. The van der Waals surface area contributed by atoms with E-state index in [-0.39, 0.29) is 29.6 Å². The number of aromatic nitrogens is 3. The largest absolute Gasteiger partial charge is 0.390 e. The fraction of sp³-hybridized carbons (Fsp3) is 0.870. The molecule has 0 saturated heterocycles. The molecule has 4 saturated carbocycles. The first kappa shape index (κ1) is 19.7. The van der Waals surface area contributed by atoms with Gasteiger partial charge in [-0.1, -0.05) is 6.92 Å². The van der Waals surface area contributed by atoms with Gasteiger partial charge >= 0.3 is 0 Å². The molecule has 1 aromatic rings. The van der Waals surface area contributed by atoms with E-state index in [1.165, 1.54) is 4.80 Å². The lowest BCUT2D eigenvalue weighted by atomic mass is 9.48. The van der Waals surface area contributed by atoms with Crippen molar-refractivity contribution in [2.24, 2.45) is 40.9 Å². The van der Waals surface area contributed by atoms with Crippen LogP contribution in [0.1, 0.15) is 65.2 Å². The predicted octanol–water partition coefficient (Wildman–Crippen LogP) is 3.82. The van der Waals surface area contributed by atoms with Gasteiger partial charge in [0.1, 0.15) is 12.7 Å². The Kier molecular flexibility index (Phi) is 4.65. The topological polar surface area (TPSA) is 68.0 Å². The molecule has 0 radical (unpaired) electrons. The Hall–Kier alpha value is -1.30. The number of carbonyl (C=O) groups excluding carboxylic acids is 1. The number of alkyl halides is 1. The zero-order chi connectivity index (χ0) is 20.4. The smallest absolute Gasteiger partial charge is 0.159 e. The third-order valence-electron chi connectivity index (χ3n) is 9.40. The second-order valence-corrected chi connectivity index (χ2v) is 11.0. The highest BCUT2D eigenvalue weighted by Gasteiger charge is 2.60. The van der Waals surface area contributed by atoms with Crippen molar-refractivity contribution in [3.05, 3.63) is 12.4 Å². The molecular formula is C23H34FN3O2. The number of Topliss-reactive ketones (excluding diaryl/α,β-unsaturated/α-hetero) is 1. The first-order chi connectivity index (χ1) is 13.8. The van der Waals surface area contributed by atoms with E-state index < -0.39 is 11.8 Å². The van der Waals surface area contributed by atoms with Crippen LogP contribution < -0.4 is 0 Å². The highest BCUT2D eigenvalue weighted by molar-refractivity contribution is 5.81. The molecule has 0 bridgehead atoms. The molecule has 1 aromatic heterocycles. The summed E-state index contributed by atoms with van der Waals surface area (Å²) in [5.74, 6) is 2.13. The molecule has 4 aliphatic rings. The van der Waals surface area contributed by atoms with Crippen molar-refractivity contribution in [3.63, 3.8) is 0 Å². The number of ketones is 1. The van der Waals surface area contributed by atoms with Crippen LogP contribution in [0.2, 0.25) is 0 Å². The minimum atomic E-state index is -0.807. The Morgan fingerprint density at radius 1 is 1.07 bits per heavy atom. The minimum Gasteiger partial charge on any atom is -0.390 e. The third-order valence-corrected chi connectivity index (χ3v) is 9.40. The zero-order valence-corrected chi connectivity index (χ0v) is 17.6. The van der Waals surface area contributed by atoms with Crippen molar-refractivity contribution in [2.75, 3.05) is 0 Å². The lowest BCUT2D eigenvalue weighted by Crippen LogP contribution is -2.54. The summed E-state index contributed by atoms with van der Waals surface area (Å²) >= 11 is 0. The van der Waals surface area contributed by atoms with Crippen molar-refractivity contribution in [2.45, 2.75) is 83.5 Å². The van der Waals surface area contributed by atoms with Gasteiger partial charge in [-0.15, -0.1) is 0 Å². The average Bonchev–Trinajstić information content (AvgIpc) is 3.28. The van der Waals surface area contributed by atoms with Gasteiger partial charge in [-0.25, -0.2) is 4.39 Å². The maximum absolute atomic E-state index is 15.3. The van der Waals surface area contributed by atoms with Crippen molar-refractivity contribution < 1.29 is 14.3 Å². The highest BCUT2D eigenvalue weighted by Crippen LogP contribution is 2.65. The number of nitrogens with zero attached hydrogens (tertiary/aromatic N) is 3. The van der Waals surface area contributed by atoms with E-state index >= 15 is 4.39 Å². The number of fused-ring (bicyclic) bond motifs is 5. The molecule has 29 heavy (non-hydrogen) atoms. The van der Waals surface area contributed by atoms with E-state index in [0.717, 1.165) is 38.5 Å². The maximum atomic E-state index is 15.3. The molecule has 6 heteroatoms. The summed E-state index contributed by atoms with van der Waals surface area (Å²) in [4.78, 5) is 14.6. The van der Waals surface area contributed by atoms with Crippen molar-refractivity contribution in [3.8, 4) is 0 Å². The van der Waals surface area contributed by atoms with Crippen LogP contribution in [-0.4, -0.2) is 37.7 Å². The zero-order valence-electron chi connectivity index (χ0n) is 17.6. The van der Waals surface area contributed by atoms with Crippen LogP contribution in [0.25, 0.3) is 0 Å². The monoisotopic (exact) mass is 403 g/mol. The average molecular weight is 404 g/mol. The van der Waals surface area contributed by atoms with E-state index in [9.17, 15) is 9.90 Å². The van der Waals surface area contributed by atoms with Crippen LogP contribution in [-0.2, 0) is 11.3 Å². The van der Waals surface area contributed by atoms with E-state index in [1.54, 1.807) is 12.4 Å². The molecule has 4 aliphatic carbocycles. The van der Waals surface area contributed by atoms with Crippen LogP contribution >= 0.6 is 0 Å². The van der Waals surface area contributed by atoms with Crippen LogP contribution in [0.15, 0.2) is 12.4 Å². The van der Waals surface area contributed by atoms with Crippen LogP contribution in [0, 0.1) is 40.9 Å². The minimum absolute atomic E-state index is 0.0158. The second kappa shape index (κ2) is 6.86. The lowest BCUT2D eigenvalue weighted by Gasteiger charge is -2.57. The summed E-state index contributed by atoms with van der Waals surface area (Å²) in [6.07, 6.45) is 9.55. The summed E-state index contributed by atoms with van der Waals surface area (Å²) in [5.41, 5.74) is -0.717.